The maximum absolute atomic E-state index is 14.5. The van der Waals surface area contributed by atoms with Crippen LogP contribution in [0.1, 0.15) is 87.0 Å². The molecule has 1 atom stereocenters. The molecule has 0 spiro atoms. The van der Waals surface area contributed by atoms with Gasteiger partial charge in [-0.15, -0.1) is 0 Å². The SMILES string of the molecule is CCCC1(C(=O)OCn2cc3cc(C[C@@H](CC(=O)N4CCC(C5=Cc6ccccc6CC5=O)CC4)C(=O)N4CCN(C5CCN(C)CC5)CC4)cc(C)c3n2)CC1. The number of piperidine rings is 2. The molecule has 0 unspecified atom stereocenters. The Balaban J connectivity index is 0.948. The Morgan fingerprint density at radius 1 is 0.930 bits per heavy atom. The number of carbonyl (C=O) groups is 4. The molecule has 4 fully saturated rings. The van der Waals surface area contributed by atoms with Gasteiger partial charge < -0.3 is 19.4 Å². The van der Waals surface area contributed by atoms with E-state index in [1.807, 2.05) is 41.1 Å². The number of ketones is 1. The van der Waals surface area contributed by atoms with Gasteiger partial charge in [-0.2, -0.15) is 5.10 Å². The number of fused-ring (bicyclic) bond motifs is 2. The predicted molar refractivity (Wildman–Crippen MR) is 220 cm³/mol. The molecule has 2 aromatic carbocycles. The van der Waals surface area contributed by atoms with Crippen molar-refractivity contribution in [3.8, 4) is 0 Å². The number of esters is 1. The molecule has 2 aliphatic carbocycles. The number of rotatable bonds is 12. The fraction of sp³-hybridized carbons (Fsp3) is 0.587. The van der Waals surface area contributed by atoms with Gasteiger partial charge in [-0.1, -0.05) is 43.7 Å². The highest BCUT2D eigenvalue weighted by molar-refractivity contribution is 6.04. The van der Waals surface area contributed by atoms with Gasteiger partial charge in [0.15, 0.2) is 12.5 Å². The molecule has 8 rings (SSSR count). The number of ether oxygens (including phenoxy) is 1. The number of nitrogens with zero attached hydrogens (tertiary/aromatic N) is 6. The van der Waals surface area contributed by atoms with Crippen molar-refractivity contribution in [3.05, 3.63) is 70.4 Å². The van der Waals surface area contributed by atoms with Crippen molar-refractivity contribution < 1.29 is 23.9 Å². The van der Waals surface area contributed by atoms with Crippen molar-refractivity contribution in [1.82, 2.24) is 29.4 Å². The first-order valence-electron chi connectivity index (χ1n) is 21.5. The molecule has 11 heteroatoms. The smallest absolute Gasteiger partial charge is 0.313 e. The van der Waals surface area contributed by atoms with Crippen molar-refractivity contribution in [2.75, 3.05) is 59.4 Å². The summed E-state index contributed by atoms with van der Waals surface area (Å²) < 4.78 is 7.42. The molecule has 304 valence electrons. The average Bonchev–Trinajstić information content (AvgIpc) is 3.89. The van der Waals surface area contributed by atoms with Gasteiger partial charge in [-0.05, 0) is 124 Å². The molecule has 2 amide bonds. The van der Waals surface area contributed by atoms with Crippen molar-refractivity contribution >= 4 is 40.5 Å². The number of hydrogen-bond donors (Lipinski definition) is 0. The van der Waals surface area contributed by atoms with Crippen molar-refractivity contribution in [3.63, 3.8) is 0 Å². The third kappa shape index (κ3) is 8.75. The van der Waals surface area contributed by atoms with Gasteiger partial charge in [0, 0.05) is 69.7 Å². The Hall–Kier alpha value is -4.35. The molecule has 0 N–H and O–H groups in total. The standard InChI is InChI=1S/C46H60N6O5/c1-4-13-46(14-15-46)45(56)57-31-52-30-38-26-33(24-32(2)43(38)47-52)25-37(44(55)51-22-20-49(21-23-51)39-11-16-48(3)17-12-39)29-42(54)50-18-9-34(10-19-50)40-27-35-7-5-6-8-36(35)28-41(40)53/h5-8,24,26-27,30,34,37,39H,4,9-23,25,28-29,31H2,1-3H3/t37-/m0/s1. The summed E-state index contributed by atoms with van der Waals surface area (Å²) in [6.07, 6.45) is 12.5. The van der Waals surface area contributed by atoms with Gasteiger partial charge in [0.1, 0.15) is 0 Å². The van der Waals surface area contributed by atoms with Gasteiger partial charge in [-0.3, -0.25) is 24.1 Å². The van der Waals surface area contributed by atoms with E-state index < -0.39 is 5.92 Å². The number of allylic oxidation sites excluding steroid dienone is 1. The molecule has 57 heavy (non-hydrogen) atoms. The van der Waals surface area contributed by atoms with Crippen LogP contribution in [0.15, 0.2) is 48.2 Å². The normalized spacial score (nSPS) is 21.3. The third-order valence-electron chi connectivity index (χ3n) is 13.7. The van der Waals surface area contributed by atoms with Crippen LogP contribution in [-0.2, 0) is 43.5 Å². The Kier molecular flexibility index (Phi) is 11.7. The highest BCUT2D eigenvalue weighted by Gasteiger charge is 2.50. The van der Waals surface area contributed by atoms with E-state index in [9.17, 15) is 19.2 Å². The Morgan fingerprint density at radius 3 is 2.39 bits per heavy atom. The summed E-state index contributed by atoms with van der Waals surface area (Å²) in [5, 5.41) is 5.67. The van der Waals surface area contributed by atoms with Gasteiger partial charge in [-0.25, -0.2) is 4.68 Å². The molecule has 0 radical (unpaired) electrons. The molecular weight excluding hydrogens is 717 g/mol. The third-order valence-corrected chi connectivity index (χ3v) is 13.7. The highest BCUT2D eigenvalue weighted by atomic mass is 16.5. The van der Waals surface area contributed by atoms with Gasteiger partial charge in [0.25, 0.3) is 0 Å². The summed E-state index contributed by atoms with van der Waals surface area (Å²) in [6, 6.07) is 12.8. The lowest BCUT2D eigenvalue weighted by atomic mass is 9.80. The Labute approximate surface area is 337 Å². The lowest BCUT2D eigenvalue weighted by molar-refractivity contribution is -0.155. The second-order valence-corrected chi connectivity index (χ2v) is 17.7. The number of amides is 2. The van der Waals surface area contributed by atoms with E-state index in [-0.39, 0.29) is 48.1 Å². The molecule has 5 aliphatic rings. The number of hydrogen-bond acceptors (Lipinski definition) is 8. The minimum atomic E-state index is -0.495. The molecular formula is C46H60N6O5. The van der Waals surface area contributed by atoms with E-state index in [0.29, 0.717) is 45.1 Å². The zero-order valence-electron chi connectivity index (χ0n) is 34.2. The maximum Gasteiger partial charge on any atom is 0.313 e. The van der Waals surface area contributed by atoms with Crippen LogP contribution < -0.4 is 0 Å². The van der Waals surface area contributed by atoms with E-state index in [1.165, 1.54) is 0 Å². The minimum absolute atomic E-state index is 0.00926. The van der Waals surface area contributed by atoms with E-state index in [4.69, 9.17) is 9.84 Å². The molecule has 3 aliphatic heterocycles. The number of aromatic nitrogens is 2. The first-order chi connectivity index (χ1) is 27.6. The Morgan fingerprint density at radius 2 is 1.67 bits per heavy atom. The van der Waals surface area contributed by atoms with Crippen LogP contribution in [0.4, 0.5) is 0 Å². The lowest BCUT2D eigenvalue weighted by Gasteiger charge is -2.43. The van der Waals surface area contributed by atoms with Crippen molar-refractivity contribution in [2.45, 2.75) is 97.2 Å². The first kappa shape index (κ1) is 39.5. The van der Waals surface area contributed by atoms with E-state index >= 15 is 0 Å². The van der Waals surface area contributed by atoms with Crippen LogP contribution in [0, 0.1) is 24.2 Å². The maximum atomic E-state index is 14.5. The monoisotopic (exact) mass is 776 g/mol. The zero-order valence-corrected chi connectivity index (χ0v) is 34.2. The molecule has 4 heterocycles. The average molecular weight is 777 g/mol. The summed E-state index contributed by atoms with van der Waals surface area (Å²) in [6.45, 7) is 10.7. The number of carbonyl (C=O) groups excluding carboxylic acids is 4. The first-order valence-corrected chi connectivity index (χ1v) is 21.5. The summed E-state index contributed by atoms with van der Waals surface area (Å²) >= 11 is 0. The fourth-order valence-corrected chi connectivity index (χ4v) is 10.0. The number of Topliss-reactive ketones (excluding diaryl/α,β-unsaturated/α-hetero) is 1. The van der Waals surface area contributed by atoms with Gasteiger partial charge in [0.05, 0.1) is 16.8 Å². The quantitative estimate of drug-likeness (QED) is 0.217. The van der Waals surface area contributed by atoms with E-state index in [1.54, 1.807) is 4.68 Å². The summed E-state index contributed by atoms with van der Waals surface area (Å²) in [5.41, 5.74) is 5.60. The summed E-state index contributed by atoms with van der Waals surface area (Å²) in [4.78, 5) is 63.5. The minimum Gasteiger partial charge on any atom is -0.442 e. The molecule has 0 bridgehead atoms. The second kappa shape index (κ2) is 16.9. The highest BCUT2D eigenvalue weighted by Crippen LogP contribution is 2.50. The largest absolute Gasteiger partial charge is 0.442 e. The van der Waals surface area contributed by atoms with E-state index in [0.717, 1.165) is 116 Å². The zero-order chi connectivity index (χ0) is 39.7. The topological polar surface area (TPSA) is 108 Å². The van der Waals surface area contributed by atoms with Crippen LogP contribution in [0.25, 0.3) is 17.0 Å². The second-order valence-electron chi connectivity index (χ2n) is 17.7. The molecule has 11 nitrogen and oxygen atoms in total. The van der Waals surface area contributed by atoms with Crippen LogP contribution in [-0.4, -0.2) is 118 Å². The fourth-order valence-electron chi connectivity index (χ4n) is 10.0. The van der Waals surface area contributed by atoms with Crippen LogP contribution in [0.5, 0.6) is 0 Å². The van der Waals surface area contributed by atoms with Crippen LogP contribution >= 0.6 is 0 Å². The molecule has 1 saturated carbocycles. The van der Waals surface area contributed by atoms with Crippen LogP contribution in [0.3, 0.4) is 0 Å². The van der Waals surface area contributed by atoms with Crippen LogP contribution in [0.2, 0.25) is 0 Å². The van der Waals surface area contributed by atoms with E-state index in [2.05, 4.69) is 48.0 Å². The van der Waals surface area contributed by atoms with Crippen molar-refractivity contribution in [1.29, 1.82) is 0 Å². The predicted octanol–water partition coefficient (Wildman–Crippen LogP) is 5.66. The lowest BCUT2D eigenvalue weighted by Crippen LogP contribution is -2.55. The van der Waals surface area contributed by atoms with Gasteiger partial charge >= 0.3 is 5.97 Å². The molecule has 1 aromatic heterocycles. The molecule has 3 saturated heterocycles. The Bertz CT molecular complexity index is 2010. The number of benzene rings is 2. The van der Waals surface area contributed by atoms with Gasteiger partial charge in [0.2, 0.25) is 11.8 Å². The summed E-state index contributed by atoms with van der Waals surface area (Å²) in [5.74, 6) is -0.232. The summed E-state index contributed by atoms with van der Waals surface area (Å²) in [7, 11) is 2.19. The number of likely N-dealkylation sites (tertiary alicyclic amines) is 2. The van der Waals surface area contributed by atoms with Crippen molar-refractivity contribution in [2.24, 2.45) is 17.3 Å². The number of piperazine rings is 1. The molecule has 3 aromatic rings. The number of aryl methyl sites for hydroxylation is 1.